The highest BCUT2D eigenvalue weighted by atomic mass is 15.4. The van der Waals surface area contributed by atoms with Crippen molar-refractivity contribution in [3.8, 4) is 16.9 Å². The topological polar surface area (TPSA) is 74.6 Å². The van der Waals surface area contributed by atoms with E-state index in [1.54, 1.807) is 6.20 Å². The highest BCUT2D eigenvalue weighted by molar-refractivity contribution is 5.56. The van der Waals surface area contributed by atoms with Crippen molar-refractivity contribution in [1.29, 1.82) is 0 Å². The molecule has 2 heterocycles. The molecule has 3 aromatic rings. The van der Waals surface area contributed by atoms with Crippen molar-refractivity contribution in [2.24, 2.45) is 5.73 Å². The minimum absolute atomic E-state index is 0.654. The molecule has 102 valence electrons. The maximum Gasteiger partial charge on any atom is 0.116 e. The number of aromatic nitrogens is 5. The molecule has 2 aromatic heterocycles. The van der Waals surface area contributed by atoms with E-state index in [9.17, 15) is 0 Å². The SMILES string of the molecule is NCCCn1cc(-c2cnn(-c3ccccc3)c2)nn1. The van der Waals surface area contributed by atoms with Crippen molar-refractivity contribution in [2.45, 2.75) is 13.0 Å². The summed E-state index contributed by atoms with van der Waals surface area (Å²) in [5, 5.41) is 12.6. The first kappa shape index (κ1) is 12.6. The number of para-hydroxylation sites is 1. The highest BCUT2D eigenvalue weighted by Gasteiger charge is 2.07. The van der Waals surface area contributed by atoms with Gasteiger partial charge in [-0.1, -0.05) is 23.4 Å². The molecular weight excluding hydrogens is 252 g/mol. The van der Waals surface area contributed by atoms with E-state index in [0.717, 1.165) is 29.9 Å². The summed E-state index contributed by atoms with van der Waals surface area (Å²) >= 11 is 0. The van der Waals surface area contributed by atoms with Gasteiger partial charge in [-0.25, -0.2) is 4.68 Å². The standard InChI is InChI=1S/C14H16N6/c15-7-4-8-19-11-14(17-18-19)12-9-16-20(10-12)13-5-2-1-3-6-13/h1-3,5-6,9-11H,4,7-8,15H2. The fourth-order valence-electron chi connectivity index (χ4n) is 1.97. The van der Waals surface area contributed by atoms with E-state index in [-0.39, 0.29) is 0 Å². The molecule has 3 rings (SSSR count). The normalized spacial score (nSPS) is 10.8. The summed E-state index contributed by atoms with van der Waals surface area (Å²) < 4.78 is 3.64. The van der Waals surface area contributed by atoms with Gasteiger partial charge in [0.2, 0.25) is 0 Å². The number of aryl methyl sites for hydroxylation is 1. The van der Waals surface area contributed by atoms with Crippen molar-refractivity contribution in [3.63, 3.8) is 0 Å². The van der Waals surface area contributed by atoms with Crippen molar-refractivity contribution in [1.82, 2.24) is 24.8 Å². The summed E-state index contributed by atoms with van der Waals surface area (Å²) in [5.74, 6) is 0. The largest absolute Gasteiger partial charge is 0.330 e. The minimum atomic E-state index is 0.654. The Hall–Kier alpha value is -2.47. The second-order valence-electron chi connectivity index (χ2n) is 4.52. The van der Waals surface area contributed by atoms with E-state index in [4.69, 9.17) is 5.73 Å². The molecule has 0 saturated heterocycles. The number of nitrogens with two attached hydrogens (primary N) is 1. The summed E-state index contributed by atoms with van der Waals surface area (Å²) in [5.41, 5.74) is 8.28. The van der Waals surface area contributed by atoms with Gasteiger partial charge in [0.1, 0.15) is 5.69 Å². The number of rotatable bonds is 5. The van der Waals surface area contributed by atoms with Gasteiger partial charge in [0.25, 0.3) is 0 Å². The van der Waals surface area contributed by atoms with E-state index in [1.807, 2.05) is 52.1 Å². The van der Waals surface area contributed by atoms with Crippen LogP contribution in [0.5, 0.6) is 0 Å². The number of hydrogen-bond acceptors (Lipinski definition) is 4. The molecule has 0 atom stereocenters. The van der Waals surface area contributed by atoms with Gasteiger partial charge >= 0.3 is 0 Å². The molecule has 6 heteroatoms. The predicted molar refractivity (Wildman–Crippen MR) is 76.3 cm³/mol. The van der Waals surface area contributed by atoms with Crippen LogP contribution in [0.4, 0.5) is 0 Å². The van der Waals surface area contributed by atoms with E-state index in [2.05, 4.69) is 15.4 Å². The number of hydrogen-bond donors (Lipinski definition) is 1. The molecule has 1 aromatic carbocycles. The Labute approximate surface area is 116 Å². The molecule has 20 heavy (non-hydrogen) atoms. The number of nitrogens with zero attached hydrogens (tertiary/aromatic N) is 5. The molecule has 0 fully saturated rings. The van der Waals surface area contributed by atoms with Gasteiger partial charge < -0.3 is 5.73 Å². The lowest BCUT2D eigenvalue weighted by atomic mass is 10.3. The molecule has 0 aliphatic rings. The first-order valence-corrected chi connectivity index (χ1v) is 6.57. The van der Waals surface area contributed by atoms with E-state index >= 15 is 0 Å². The van der Waals surface area contributed by atoms with Crippen LogP contribution in [-0.2, 0) is 6.54 Å². The maximum atomic E-state index is 5.49. The molecule has 0 amide bonds. The van der Waals surface area contributed by atoms with Gasteiger partial charge in [0, 0.05) is 18.3 Å². The van der Waals surface area contributed by atoms with Crippen LogP contribution < -0.4 is 5.73 Å². The summed E-state index contributed by atoms with van der Waals surface area (Å²) in [6, 6.07) is 9.97. The Bertz CT molecular complexity index is 670. The zero-order valence-corrected chi connectivity index (χ0v) is 11.1. The highest BCUT2D eigenvalue weighted by Crippen LogP contribution is 2.17. The fraction of sp³-hybridized carbons (Fsp3) is 0.214. The summed E-state index contributed by atoms with van der Waals surface area (Å²) in [6.45, 7) is 1.44. The molecule has 0 bridgehead atoms. The lowest BCUT2D eigenvalue weighted by Gasteiger charge is -1.98. The molecule has 2 N–H and O–H groups in total. The van der Waals surface area contributed by atoms with Crippen molar-refractivity contribution >= 4 is 0 Å². The van der Waals surface area contributed by atoms with Crippen LogP contribution in [0, 0.1) is 0 Å². The Morgan fingerprint density at radius 1 is 1.10 bits per heavy atom. The zero-order chi connectivity index (χ0) is 13.8. The summed E-state index contributed by atoms with van der Waals surface area (Å²) in [6.07, 6.45) is 6.56. The van der Waals surface area contributed by atoms with Crippen LogP contribution in [0.15, 0.2) is 48.9 Å². The minimum Gasteiger partial charge on any atom is -0.330 e. The van der Waals surface area contributed by atoms with E-state index in [0.29, 0.717) is 6.54 Å². The lowest BCUT2D eigenvalue weighted by molar-refractivity contribution is 0.564. The fourth-order valence-corrected chi connectivity index (χ4v) is 1.97. The second kappa shape index (κ2) is 5.66. The van der Waals surface area contributed by atoms with Crippen molar-refractivity contribution in [2.75, 3.05) is 6.54 Å². The molecule has 0 aliphatic carbocycles. The summed E-state index contributed by atoms with van der Waals surface area (Å²) in [4.78, 5) is 0. The van der Waals surface area contributed by atoms with Crippen molar-refractivity contribution < 1.29 is 0 Å². The summed E-state index contributed by atoms with van der Waals surface area (Å²) in [7, 11) is 0. The van der Waals surface area contributed by atoms with Gasteiger partial charge in [-0.05, 0) is 25.1 Å². The monoisotopic (exact) mass is 268 g/mol. The third-order valence-corrected chi connectivity index (χ3v) is 3.03. The van der Waals surface area contributed by atoms with Gasteiger partial charge in [-0.3, -0.25) is 4.68 Å². The second-order valence-corrected chi connectivity index (χ2v) is 4.52. The van der Waals surface area contributed by atoms with E-state index < -0.39 is 0 Å². The first-order chi connectivity index (χ1) is 9.86. The van der Waals surface area contributed by atoms with Crippen LogP contribution >= 0.6 is 0 Å². The van der Waals surface area contributed by atoms with Crippen LogP contribution in [0.3, 0.4) is 0 Å². The third-order valence-electron chi connectivity index (χ3n) is 3.03. The molecule has 0 unspecified atom stereocenters. The molecule has 0 spiro atoms. The van der Waals surface area contributed by atoms with Gasteiger partial charge in [0.15, 0.2) is 0 Å². The molecule has 6 nitrogen and oxygen atoms in total. The quantitative estimate of drug-likeness (QED) is 0.760. The average molecular weight is 268 g/mol. The molecule has 0 saturated carbocycles. The van der Waals surface area contributed by atoms with Crippen LogP contribution in [0.2, 0.25) is 0 Å². The van der Waals surface area contributed by atoms with Crippen molar-refractivity contribution in [3.05, 3.63) is 48.9 Å². The zero-order valence-electron chi connectivity index (χ0n) is 11.1. The average Bonchev–Trinajstić information content (AvgIpc) is 3.15. The Kier molecular flexibility index (Phi) is 3.56. The van der Waals surface area contributed by atoms with Crippen LogP contribution in [0.25, 0.3) is 16.9 Å². The molecule has 0 aliphatic heterocycles. The van der Waals surface area contributed by atoms with E-state index in [1.165, 1.54) is 0 Å². The van der Waals surface area contributed by atoms with Crippen LogP contribution in [0.1, 0.15) is 6.42 Å². The smallest absolute Gasteiger partial charge is 0.116 e. The predicted octanol–water partition coefficient (Wildman–Crippen LogP) is 1.48. The molecule has 0 radical (unpaired) electrons. The Balaban J connectivity index is 1.81. The third kappa shape index (κ3) is 2.60. The van der Waals surface area contributed by atoms with Crippen LogP contribution in [-0.4, -0.2) is 31.3 Å². The van der Waals surface area contributed by atoms with Gasteiger partial charge in [-0.15, -0.1) is 5.10 Å². The van der Waals surface area contributed by atoms with Gasteiger partial charge in [0.05, 0.1) is 18.1 Å². The Morgan fingerprint density at radius 3 is 2.75 bits per heavy atom. The Morgan fingerprint density at radius 2 is 1.95 bits per heavy atom. The molecular formula is C14H16N6. The first-order valence-electron chi connectivity index (χ1n) is 6.57. The number of benzene rings is 1. The lowest BCUT2D eigenvalue weighted by Crippen LogP contribution is -2.06. The van der Waals surface area contributed by atoms with Gasteiger partial charge in [-0.2, -0.15) is 5.10 Å². The maximum absolute atomic E-state index is 5.49.